The van der Waals surface area contributed by atoms with E-state index < -0.39 is 0 Å². The van der Waals surface area contributed by atoms with Crippen LogP contribution >= 0.6 is 0 Å². The van der Waals surface area contributed by atoms with E-state index in [9.17, 15) is 4.79 Å². The zero-order valence-corrected chi connectivity index (χ0v) is 7.43. The van der Waals surface area contributed by atoms with E-state index >= 15 is 0 Å². The molecule has 0 fully saturated rings. The fraction of sp³-hybridized carbons (Fsp3) is 0.600. The average Bonchev–Trinajstić information content (AvgIpc) is 2.14. The molecule has 1 heterocycles. The molecule has 0 saturated heterocycles. The second-order valence-corrected chi connectivity index (χ2v) is 5.88. The van der Waals surface area contributed by atoms with Gasteiger partial charge in [0.1, 0.15) is 0 Å². The Hall–Kier alpha value is 0.410. The molecule has 1 unspecified atom stereocenters. The SMILES string of the molecule is O=CC1C[CH]=[In][CH2]1. The predicted octanol–water partition coefficient (Wildman–Crippen LogP) is 0.130. The van der Waals surface area contributed by atoms with Crippen LogP contribution in [-0.4, -0.2) is 32.5 Å². The maximum absolute atomic E-state index is 10.0. The van der Waals surface area contributed by atoms with Gasteiger partial charge >= 0.3 is 53.8 Å². The van der Waals surface area contributed by atoms with Crippen LogP contribution in [0.1, 0.15) is 6.42 Å². The van der Waals surface area contributed by atoms with Crippen molar-refractivity contribution in [2.24, 2.45) is 5.92 Å². The van der Waals surface area contributed by atoms with Gasteiger partial charge in [0.15, 0.2) is 0 Å². The Balaban J connectivity index is 2.35. The third-order valence-corrected chi connectivity index (χ3v) is 5.47. The minimum absolute atomic E-state index is 0.245. The Kier molecular flexibility index (Phi) is 2.10. The van der Waals surface area contributed by atoms with Crippen molar-refractivity contribution in [2.45, 2.75) is 10.6 Å². The summed E-state index contributed by atoms with van der Waals surface area (Å²) in [7, 11) is 0. The van der Waals surface area contributed by atoms with Crippen LogP contribution in [0, 0.1) is 5.92 Å². The molecule has 0 spiro atoms. The fourth-order valence-electron chi connectivity index (χ4n) is 0.749. The van der Waals surface area contributed by atoms with E-state index in [1.54, 1.807) is 0 Å². The van der Waals surface area contributed by atoms with Crippen molar-refractivity contribution in [1.82, 2.24) is 0 Å². The number of carbonyl (C=O) groups is 1. The van der Waals surface area contributed by atoms with Gasteiger partial charge in [0, 0.05) is 0 Å². The van der Waals surface area contributed by atoms with Gasteiger partial charge < -0.3 is 0 Å². The van der Waals surface area contributed by atoms with Gasteiger partial charge in [-0.25, -0.2) is 0 Å². The van der Waals surface area contributed by atoms with Gasteiger partial charge in [-0.2, -0.15) is 0 Å². The summed E-state index contributed by atoms with van der Waals surface area (Å²) < 4.78 is 3.65. The molecule has 0 N–H and O–H groups in total. The Morgan fingerprint density at radius 1 is 1.86 bits per heavy atom. The fourth-order valence-corrected chi connectivity index (χ4v) is 4.71. The number of hydrogen-bond donors (Lipinski definition) is 0. The summed E-state index contributed by atoms with van der Waals surface area (Å²) in [6.07, 6.45) is 2.21. The molecule has 0 saturated carbocycles. The zero-order chi connectivity index (χ0) is 5.11. The molecular formula is C5H7InO. The summed E-state index contributed by atoms with van der Waals surface area (Å²) >= 11 is -0.245. The molecule has 1 aliphatic rings. The van der Waals surface area contributed by atoms with Gasteiger partial charge in [0.2, 0.25) is 0 Å². The Labute approximate surface area is 53.9 Å². The van der Waals surface area contributed by atoms with Crippen LogP contribution in [-0.2, 0) is 4.79 Å². The standard InChI is InChI=1S/C5H7O.In/c1-3-5(2)4-6;/h1,4-5H,2-3H2;. The van der Waals surface area contributed by atoms with Crippen molar-refractivity contribution >= 4 is 32.5 Å². The monoisotopic (exact) mass is 198 g/mol. The summed E-state index contributed by atoms with van der Waals surface area (Å²) in [6, 6.07) is 0. The van der Waals surface area contributed by atoms with Crippen molar-refractivity contribution in [1.29, 1.82) is 0 Å². The van der Waals surface area contributed by atoms with E-state index in [4.69, 9.17) is 0 Å². The molecule has 1 rings (SSSR count). The first-order chi connectivity index (χ1) is 3.43. The molecule has 1 nitrogen and oxygen atoms in total. The Morgan fingerprint density at radius 2 is 2.71 bits per heavy atom. The third kappa shape index (κ3) is 1.41. The van der Waals surface area contributed by atoms with E-state index in [1.165, 1.54) is 4.18 Å². The van der Waals surface area contributed by atoms with Gasteiger partial charge in [0.25, 0.3) is 0 Å². The van der Waals surface area contributed by atoms with Crippen molar-refractivity contribution < 1.29 is 4.79 Å². The van der Waals surface area contributed by atoms with Gasteiger partial charge in [0.05, 0.1) is 0 Å². The molecule has 0 aromatic rings. The molecule has 1 aliphatic heterocycles. The molecule has 0 bridgehead atoms. The molecule has 0 amide bonds. The Morgan fingerprint density at radius 3 is 3.00 bits per heavy atom. The van der Waals surface area contributed by atoms with Crippen molar-refractivity contribution in [3.05, 3.63) is 0 Å². The first-order valence-corrected chi connectivity index (χ1v) is 6.77. The molecule has 36 valence electrons. The molecule has 0 radical (unpaired) electrons. The molecule has 0 aliphatic carbocycles. The molecule has 2 heteroatoms. The summed E-state index contributed by atoms with van der Waals surface area (Å²) in [6.45, 7) is 0. The van der Waals surface area contributed by atoms with Crippen LogP contribution in [0.2, 0.25) is 4.18 Å². The molecule has 0 aromatic carbocycles. The molecule has 1 atom stereocenters. The maximum atomic E-state index is 10.0. The first kappa shape index (κ1) is 5.55. The quantitative estimate of drug-likeness (QED) is 0.547. The first-order valence-electron chi connectivity index (χ1n) is 2.54. The van der Waals surface area contributed by atoms with Crippen LogP contribution in [0.25, 0.3) is 0 Å². The molecule has 7 heavy (non-hydrogen) atoms. The van der Waals surface area contributed by atoms with Crippen LogP contribution < -0.4 is 0 Å². The number of rotatable bonds is 1. The van der Waals surface area contributed by atoms with Gasteiger partial charge in [-0.1, -0.05) is 0 Å². The van der Waals surface area contributed by atoms with Gasteiger partial charge in [-0.3, -0.25) is 0 Å². The third-order valence-electron chi connectivity index (χ3n) is 1.24. The van der Waals surface area contributed by atoms with Crippen LogP contribution in [0.4, 0.5) is 0 Å². The van der Waals surface area contributed by atoms with Gasteiger partial charge in [-0.15, -0.1) is 0 Å². The van der Waals surface area contributed by atoms with E-state index in [1.807, 2.05) is 0 Å². The van der Waals surface area contributed by atoms with E-state index in [2.05, 4.69) is 3.76 Å². The Bertz CT molecular complexity index is 90.3. The van der Waals surface area contributed by atoms with Crippen molar-refractivity contribution in [3.8, 4) is 0 Å². The molecular weight excluding hydrogens is 191 g/mol. The summed E-state index contributed by atoms with van der Waals surface area (Å²) in [5.74, 6) is 0.446. The second kappa shape index (κ2) is 2.65. The average molecular weight is 198 g/mol. The predicted molar refractivity (Wildman–Crippen MR) is 30.8 cm³/mol. The van der Waals surface area contributed by atoms with E-state index in [-0.39, 0.29) is 22.4 Å². The number of carbonyl (C=O) groups excluding carboxylic acids is 1. The van der Waals surface area contributed by atoms with E-state index in [0.29, 0.717) is 5.92 Å². The van der Waals surface area contributed by atoms with Crippen LogP contribution in [0.15, 0.2) is 0 Å². The normalized spacial score (nSPS) is 27.1. The summed E-state index contributed by atoms with van der Waals surface area (Å²) in [5.41, 5.74) is 0. The van der Waals surface area contributed by atoms with Gasteiger partial charge in [-0.05, 0) is 0 Å². The van der Waals surface area contributed by atoms with Crippen LogP contribution in [0.3, 0.4) is 0 Å². The van der Waals surface area contributed by atoms with E-state index in [0.717, 1.165) is 12.7 Å². The second-order valence-electron chi connectivity index (χ2n) is 1.84. The van der Waals surface area contributed by atoms with Crippen molar-refractivity contribution in [2.75, 3.05) is 0 Å². The summed E-state index contributed by atoms with van der Waals surface area (Å²) in [4.78, 5) is 10.0. The molecule has 0 aromatic heterocycles. The summed E-state index contributed by atoms with van der Waals surface area (Å²) in [5, 5.41) is 0. The number of hydrogen-bond acceptors (Lipinski definition) is 1. The minimum atomic E-state index is -0.245. The number of aldehydes is 1. The topological polar surface area (TPSA) is 17.1 Å². The van der Waals surface area contributed by atoms with Crippen molar-refractivity contribution in [3.63, 3.8) is 0 Å². The van der Waals surface area contributed by atoms with Crippen LogP contribution in [0.5, 0.6) is 0 Å². The zero-order valence-electron chi connectivity index (χ0n) is 4.13.